The molecule has 3 heterocycles. The Hall–Kier alpha value is -3.64. The van der Waals surface area contributed by atoms with Gasteiger partial charge in [-0.3, -0.25) is 4.79 Å². The summed E-state index contributed by atoms with van der Waals surface area (Å²) in [5.74, 6) is 0.698. The molecule has 162 valence electrons. The summed E-state index contributed by atoms with van der Waals surface area (Å²) in [5, 5.41) is 0. The summed E-state index contributed by atoms with van der Waals surface area (Å²) in [7, 11) is 2.10. The van der Waals surface area contributed by atoms with Crippen LogP contribution in [0.25, 0.3) is 5.65 Å². The number of hydrogen-bond acceptors (Lipinski definition) is 4. The highest BCUT2D eigenvalue weighted by Gasteiger charge is 2.30. The molecule has 1 amide bonds. The lowest BCUT2D eigenvalue weighted by molar-refractivity contribution is 0.0497. The van der Waals surface area contributed by atoms with Crippen molar-refractivity contribution < 1.29 is 9.53 Å². The molecule has 0 N–H and O–H groups in total. The predicted molar refractivity (Wildman–Crippen MR) is 124 cm³/mol. The zero-order valence-corrected chi connectivity index (χ0v) is 18.1. The number of carbonyl (C=O) groups is 1. The van der Waals surface area contributed by atoms with E-state index in [0.717, 1.165) is 30.0 Å². The van der Waals surface area contributed by atoms with E-state index < -0.39 is 0 Å². The first-order valence-electron chi connectivity index (χ1n) is 10.9. The van der Waals surface area contributed by atoms with Crippen molar-refractivity contribution in [2.24, 2.45) is 0 Å². The molecular weight excluding hydrogens is 400 g/mol. The van der Waals surface area contributed by atoms with Gasteiger partial charge < -0.3 is 18.9 Å². The van der Waals surface area contributed by atoms with Crippen molar-refractivity contribution in [1.29, 1.82) is 0 Å². The van der Waals surface area contributed by atoms with E-state index in [9.17, 15) is 4.79 Å². The zero-order valence-electron chi connectivity index (χ0n) is 18.1. The zero-order chi connectivity index (χ0) is 21.9. The van der Waals surface area contributed by atoms with E-state index in [0.29, 0.717) is 24.5 Å². The maximum atomic E-state index is 13.5. The topological polar surface area (TPSA) is 50.1 Å². The maximum Gasteiger partial charge on any atom is 0.254 e. The fraction of sp³-hybridized carbons (Fsp3) is 0.231. The molecule has 1 atom stereocenters. The minimum Gasteiger partial charge on any atom is -0.487 e. The van der Waals surface area contributed by atoms with Gasteiger partial charge in [-0.1, -0.05) is 42.5 Å². The molecule has 6 nitrogen and oxygen atoms in total. The van der Waals surface area contributed by atoms with E-state index in [1.165, 1.54) is 0 Å². The molecule has 2 aromatic carbocycles. The van der Waals surface area contributed by atoms with Crippen LogP contribution in [-0.4, -0.2) is 51.8 Å². The van der Waals surface area contributed by atoms with E-state index in [2.05, 4.69) is 29.1 Å². The van der Waals surface area contributed by atoms with Crippen molar-refractivity contribution in [2.75, 3.05) is 26.7 Å². The Morgan fingerprint density at radius 3 is 2.72 bits per heavy atom. The van der Waals surface area contributed by atoms with Gasteiger partial charge in [0.25, 0.3) is 5.91 Å². The van der Waals surface area contributed by atoms with Crippen molar-refractivity contribution in [3.63, 3.8) is 0 Å². The molecular formula is C26H26N4O2. The van der Waals surface area contributed by atoms with Crippen LogP contribution >= 0.6 is 0 Å². The molecule has 1 aliphatic heterocycles. The number of pyridine rings is 1. The summed E-state index contributed by atoms with van der Waals surface area (Å²) in [6.07, 6.45) is 3.92. The van der Waals surface area contributed by atoms with Gasteiger partial charge >= 0.3 is 0 Å². The van der Waals surface area contributed by atoms with Crippen molar-refractivity contribution in [3.8, 4) is 5.75 Å². The summed E-state index contributed by atoms with van der Waals surface area (Å²) in [6.45, 7) is 2.72. The average molecular weight is 427 g/mol. The smallest absolute Gasteiger partial charge is 0.254 e. The lowest BCUT2D eigenvalue weighted by Gasteiger charge is -2.40. The molecule has 0 bridgehead atoms. The van der Waals surface area contributed by atoms with Gasteiger partial charge in [0.2, 0.25) is 0 Å². The molecule has 1 fully saturated rings. The predicted octanol–water partition coefficient (Wildman–Crippen LogP) is 4.04. The minimum atomic E-state index is 0.0324. The van der Waals surface area contributed by atoms with Crippen LogP contribution < -0.4 is 4.74 Å². The van der Waals surface area contributed by atoms with Gasteiger partial charge in [-0.05, 0) is 42.9 Å². The number of amides is 1. The highest BCUT2D eigenvalue weighted by Crippen LogP contribution is 2.27. The van der Waals surface area contributed by atoms with E-state index in [-0.39, 0.29) is 11.9 Å². The number of ether oxygens (including phenoxy) is 1. The molecule has 1 aliphatic rings. The Morgan fingerprint density at radius 1 is 1.03 bits per heavy atom. The van der Waals surface area contributed by atoms with E-state index >= 15 is 0 Å². The lowest BCUT2D eigenvalue weighted by Crippen LogP contribution is -2.49. The molecule has 4 aromatic rings. The highest BCUT2D eigenvalue weighted by molar-refractivity contribution is 5.95. The first-order valence-corrected chi connectivity index (χ1v) is 10.9. The number of hydrogen-bond donors (Lipinski definition) is 0. The fourth-order valence-corrected chi connectivity index (χ4v) is 4.22. The van der Waals surface area contributed by atoms with Gasteiger partial charge in [0.15, 0.2) is 0 Å². The Balaban J connectivity index is 1.33. The summed E-state index contributed by atoms with van der Waals surface area (Å²) >= 11 is 0. The molecule has 1 unspecified atom stereocenters. The second-order valence-corrected chi connectivity index (χ2v) is 8.20. The quantitative estimate of drug-likeness (QED) is 0.483. The van der Waals surface area contributed by atoms with E-state index in [1.807, 2.05) is 82.4 Å². The Kier molecular flexibility index (Phi) is 5.60. The minimum absolute atomic E-state index is 0.0324. The Bertz CT molecular complexity index is 1190. The van der Waals surface area contributed by atoms with E-state index in [1.54, 1.807) is 0 Å². The summed E-state index contributed by atoms with van der Waals surface area (Å²) in [4.78, 5) is 22.3. The van der Waals surface area contributed by atoms with Crippen molar-refractivity contribution in [3.05, 3.63) is 102 Å². The normalized spacial score (nSPS) is 16.9. The lowest BCUT2D eigenvalue weighted by atomic mass is 10.0. The van der Waals surface area contributed by atoms with Crippen molar-refractivity contribution in [2.45, 2.75) is 12.6 Å². The standard InChI is InChI=1S/C26H26N4O2/c1-28-14-15-30(24(18-28)20-8-3-2-4-9-20)26(31)21-10-7-11-23(16-21)32-19-22-17-29-13-6-5-12-25(29)27-22/h2-13,16-17,24H,14-15,18-19H2,1H3. The number of likely N-dealkylation sites (N-methyl/N-ethyl adjacent to an activating group) is 1. The van der Waals surface area contributed by atoms with Crippen LogP contribution in [0.4, 0.5) is 0 Å². The second-order valence-electron chi connectivity index (χ2n) is 8.20. The van der Waals surface area contributed by atoms with Crippen LogP contribution in [0, 0.1) is 0 Å². The van der Waals surface area contributed by atoms with Crippen LogP contribution in [-0.2, 0) is 6.61 Å². The summed E-state index contributed by atoms with van der Waals surface area (Å²) < 4.78 is 7.94. The molecule has 0 saturated carbocycles. The maximum absolute atomic E-state index is 13.5. The van der Waals surface area contributed by atoms with Gasteiger partial charge in [0.05, 0.1) is 11.7 Å². The molecule has 2 aromatic heterocycles. The molecule has 0 radical (unpaired) electrons. The second kappa shape index (κ2) is 8.85. The third-order valence-electron chi connectivity index (χ3n) is 5.91. The third-order valence-corrected chi connectivity index (χ3v) is 5.91. The molecule has 0 aliphatic carbocycles. The number of nitrogens with zero attached hydrogens (tertiary/aromatic N) is 4. The molecule has 0 spiro atoms. The number of aromatic nitrogens is 2. The van der Waals surface area contributed by atoms with Crippen LogP contribution in [0.15, 0.2) is 85.2 Å². The molecule has 1 saturated heterocycles. The molecule has 32 heavy (non-hydrogen) atoms. The molecule has 6 heteroatoms. The highest BCUT2D eigenvalue weighted by atomic mass is 16.5. The van der Waals surface area contributed by atoms with Gasteiger partial charge in [-0.25, -0.2) is 4.98 Å². The molecule has 5 rings (SSSR count). The summed E-state index contributed by atoms with van der Waals surface area (Å²) in [6, 6.07) is 23.6. The van der Waals surface area contributed by atoms with E-state index in [4.69, 9.17) is 4.74 Å². The van der Waals surface area contributed by atoms with Crippen LogP contribution in [0.5, 0.6) is 5.75 Å². The first kappa shape index (κ1) is 20.3. The SMILES string of the molecule is CN1CCN(C(=O)c2cccc(OCc3cn4ccccc4n3)c2)C(c2ccccc2)C1. The Labute approximate surface area is 187 Å². The number of benzene rings is 2. The van der Waals surface area contributed by atoms with Gasteiger partial charge in [-0.15, -0.1) is 0 Å². The van der Waals surface area contributed by atoms with Gasteiger partial charge in [-0.2, -0.15) is 0 Å². The largest absolute Gasteiger partial charge is 0.487 e. The van der Waals surface area contributed by atoms with Crippen LogP contribution in [0.2, 0.25) is 0 Å². The summed E-state index contributed by atoms with van der Waals surface area (Å²) in [5.41, 5.74) is 3.53. The Morgan fingerprint density at radius 2 is 1.88 bits per heavy atom. The third kappa shape index (κ3) is 4.22. The number of piperazine rings is 1. The van der Waals surface area contributed by atoms with Crippen LogP contribution in [0.3, 0.4) is 0 Å². The number of imidazole rings is 1. The number of rotatable bonds is 5. The van der Waals surface area contributed by atoms with Crippen LogP contribution in [0.1, 0.15) is 27.7 Å². The van der Waals surface area contributed by atoms with Crippen molar-refractivity contribution >= 4 is 11.6 Å². The monoisotopic (exact) mass is 426 g/mol. The first-order chi connectivity index (χ1) is 15.7. The average Bonchev–Trinajstić information content (AvgIpc) is 3.26. The fourth-order valence-electron chi connectivity index (χ4n) is 4.22. The van der Waals surface area contributed by atoms with Crippen molar-refractivity contribution in [1.82, 2.24) is 19.2 Å². The number of fused-ring (bicyclic) bond motifs is 1. The number of carbonyl (C=O) groups excluding carboxylic acids is 1. The van der Waals surface area contributed by atoms with Gasteiger partial charge in [0, 0.05) is 37.6 Å². The van der Waals surface area contributed by atoms with Gasteiger partial charge in [0.1, 0.15) is 18.0 Å².